The summed E-state index contributed by atoms with van der Waals surface area (Å²) in [7, 11) is 0. The quantitative estimate of drug-likeness (QED) is 0.665. The molecule has 1 aromatic heterocycles. The summed E-state index contributed by atoms with van der Waals surface area (Å²) < 4.78 is 1.71. The predicted molar refractivity (Wildman–Crippen MR) is 94.7 cm³/mol. The van der Waals surface area contributed by atoms with E-state index in [0.717, 1.165) is 12.8 Å². The van der Waals surface area contributed by atoms with Crippen molar-refractivity contribution < 1.29 is 9.59 Å². The highest BCUT2D eigenvalue weighted by molar-refractivity contribution is 8.00. The molecule has 0 radical (unpaired) electrons. The van der Waals surface area contributed by atoms with Crippen LogP contribution in [0, 0.1) is 0 Å². The minimum atomic E-state index is -0.498. The molecule has 2 fully saturated rings. The lowest BCUT2D eigenvalue weighted by Gasteiger charge is -2.19. The molecule has 8 heteroatoms. The molecule has 7 nitrogen and oxygen atoms in total. The Morgan fingerprint density at radius 3 is 2.76 bits per heavy atom. The lowest BCUT2D eigenvalue weighted by Crippen LogP contribution is -2.39. The topological polar surface area (TPSA) is 84.3 Å². The Kier molecular flexibility index (Phi) is 3.99. The van der Waals surface area contributed by atoms with Crippen molar-refractivity contribution >= 4 is 34.6 Å². The lowest BCUT2D eigenvalue weighted by molar-refractivity contribution is -0.126. The molecule has 1 saturated heterocycles. The number of carbonyl (C=O) groups excluding carboxylic acids is 2. The van der Waals surface area contributed by atoms with Crippen molar-refractivity contribution in [2.24, 2.45) is 0 Å². The van der Waals surface area contributed by atoms with Gasteiger partial charge in [-0.1, -0.05) is 23.9 Å². The van der Waals surface area contributed by atoms with Crippen molar-refractivity contribution in [2.75, 3.05) is 13.1 Å². The Labute approximate surface area is 148 Å². The minimum Gasteiger partial charge on any atom is -0.336 e. The summed E-state index contributed by atoms with van der Waals surface area (Å²) in [5.74, 6) is -0.259. The van der Waals surface area contributed by atoms with E-state index in [1.807, 2.05) is 12.1 Å². The van der Waals surface area contributed by atoms with Gasteiger partial charge in [0.05, 0.1) is 16.2 Å². The van der Waals surface area contributed by atoms with E-state index in [1.54, 1.807) is 23.6 Å². The number of nitrogens with zero attached hydrogens (tertiary/aromatic N) is 3. The summed E-state index contributed by atoms with van der Waals surface area (Å²) in [5, 5.41) is 3.27. The first kappa shape index (κ1) is 16.1. The van der Waals surface area contributed by atoms with Gasteiger partial charge in [-0.15, -0.1) is 0 Å². The summed E-state index contributed by atoms with van der Waals surface area (Å²) in [4.78, 5) is 42.9. The zero-order chi connectivity index (χ0) is 17.6. The van der Waals surface area contributed by atoms with Gasteiger partial charge in [0.2, 0.25) is 5.91 Å². The number of amides is 3. The fourth-order valence-electron chi connectivity index (χ4n) is 2.97. The van der Waals surface area contributed by atoms with Gasteiger partial charge in [-0.25, -0.2) is 9.78 Å². The standard InChI is InChI=1S/C17H18N4O3S/c1-10(14(22)20-9-8-18-16(20)24)25-17-19-13-5-3-2-4-12(13)15(23)21(17)11-6-7-11/h2-5,10-11H,6-9H2,1H3,(H,18,24)/t10-/m1/s1. The summed E-state index contributed by atoms with van der Waals surface area (Å²) in [5.41, 5.74) is 0.569. The van der Waals surface area contributed by atoms with Gasteiger partial charge in [0.15, 0.2) is 5.16 Å². The largest absolute Gasteiger partial charge is 0.336 e. The summed E-state index contributed by atoms with van der Waals surface area (Å²) in [6.45, 7) is 2.60. The zero-order valence-corrected chi connectivity index (χ0v) is 14.6. The van der Waals surface area contributed by atoms with Gasteiger partial charge >= 0.3 is 6.03 Å². The molecule has 130 valence electrons. The molecule has 0 bridgehead atoms. The number of para-hydroxylation sites is 1. The molecular formula is C17H18N4O3S. The van der Waals surface area contributed by atoms with E-state index < -0.39 is 5.25 Å². The first-order chi connectivity index (χ1) is 12.1. The van der Waals surface area contributed by atoms with Crippen LogP contribution in [-0.4, -0.2) is 44.7 Å². The second kappa shape index (κ2) is 6.18. The summed E-state index contributed by atoms with van der Waals surface area (Å²) in [6.07, 6.45) is 1.90. The molecule has 0 spiro atoms. The van der Waals surface area contributed by atoms with Crippen molar-refractivity contribution in [3.63, 3.8) is 0 Å². The number of urea groups is 1. The number of nitrogens with one attached hydrogen (secondary N) is 1. The molecule has 1 atom stereocenters. The SMILES string of the molecule is C[C@@H](Sc1nc2ccccc2c(=O)n1C1CC1)C(=O)N1CCNC1=O. The Morgan fingerprint density at radius 2 is 2.08 bits per heavy atom. The number of imide groups is 1. The predicted octanol–water partition coefficient (Wildman–Crippen LogP) is 1.76. The molecule has 25 heavy (non-hydrogen) atoms. The number of fused-ring (bicyclic) bond motifs is 1. The number of thioether (sulfide) groups is 1. The van der Waals surface area contributed by atoms with Crippen LogP contribution in [0.25, 0.3) is 10.9 Å². The van der Waals surface area contributed by atoms with Crippen molar-refractivity contribution in [3.05, 3.63) is 34.6 Å². The van der Waals surface area contributed by atoms with Crippen LogP contribution in [0.15, 0.2) is 34.2 Å². The van der Waals surface area contributed by atoms with Crippen LogP contribution >= 0.6 is 11.8 Å². The van der Waals surface area contributed by atoms with Crippen molar-refractivity contribution in [3.8, 4) is 0 Å². The van der Waals surface area contributed by atoms with E-state index in [1.165, 1.54) is 16.7 Å². The molecule has 1 N–H and O–H groups in total. The molecular weight excluding hydrogens is 340 g/mol. The first-order valence-electron chi connectivity index (χ1n) is 8.33. The van der Waals surface area contributed by atoms with E-state index in [0.29, 0.717) is 29.1 Å². The molecule has 2 heterocycles. The van der Waals surface area contributed by atoms with E-state index in [-0.39, 0.29) is 23.5 Å². The Hall–Kier alpha value is -2.35. The Balaban J connectivity index is 1.68. The van der Waals surface area contributed by atoms with Crippen LogP contribution in [0.5, 0.6) is 0 Å². The Bertz CT molecular complexity index is 922. The van der Waals surface area contributed by atoms with Crippen molar-refractivity contribution in [2.45, 2.75) is 36.2 Å². The zero-order valence-electron chi connectivity index (χ0n) is 13.8. The molecule has 2 aromatic rings. The third-order valence-electron chi connectivity index (χ3n) is 4.44. The second-order valence-corrected chi connectivity index (χ2v) is 7.61. The van der Waals surface area contributed by atoms with Gasteiger partial charge in [-0.2, -0.15) is 0 Å². The van der Waals surface area contributed by atoms with E-state index in [9.17, 15) is 14.4 Å². The number of benzene rings is 1. The normalized spacial score (nSPS) is 18.4. The molecule has 1 aliphatic heterocycles. The maximum Gasteiger partial charge on any atom is 0.324 e. The van der Waals surface area contributed by atoms with Crippen LogP contribution in [-0.2, 0) is 4.79 Å². The van der Waals surface area contributed by atoms with Gasteiger partial charge in [0.25, 0.3) is 5.56 Å². The van der Waals surface area contributed by atoms with Gasteiger partial charge in [-0.05, 0) is 31.9 Å². The molecule has 3 amide bonds. The van der Waals surface area contributed by atoms with Crippen LogP contribution < -0.4 is 10.9 Å². The number of hydrogen-bond donors (Lipinski definition) is 1. The van der Waals surface area contributed by atoms with E-state index in [2.05, 4.69) is 10.3 Å². The molecule has 2 aliphatic rings. The van der Waals surface area contributed by atoms with Gasteiger partial charge in [0.1, 0.15) is 0 Å². The Morgan fingerprint density at radius 1 is 1.32 bits per heavy atom. The van der Waals surface area contributed by atoms with Crippen LogP contribution in [0.2, 0.25) is 0 Å². The molecule has 1 aliphatic carbocycles. The third-order valence-corrected chi connectivity index (χ3v) is 5.49. The first-order valence-corrected chi connectivity index (χ1v) is 9.21. The smallest absolute Gasteiger partial charge is 0.324 e. The second-order valence-electron chi connectivity index (χ2n) is 6.30. The lowest BCUT2D eigenvalue weighted by atomic mass is 10.2. The van der Waals surface area contributed by atoms with Gasteiger partial charge < -0.3 is 5.32 Å². The fourth-order valence-corrected chi connectivity index (χ4v) is 4.01. The van der Waals surface area contributed by atoms with E-state index in [4.69, 9.17) is 0 Å². The molecule has 0 unspecified atom stereocenters. The number of rotatable bonds is 4. The summed E-state index contributed by atoms with van der Waals surface area (Å²) >= 11 is 1.25. The molecule has 1 aromatic carbocycles. The highest BCUT2D eigenvalue weighted by atomic mass is 32.2. The maximum absolute atomic E-state index is 12.8. The molecule has 1 saturated carbocycles. The van der Waals surface area contributed by atoms with Gasteiger partial charge in [0, 0.05) is 19.1 Å². The van der Waals surface area contributed by atoms with Crippen LogP contribution in [0.1, 0.15) is 25.8 Å². The van der Waals surface area contributed by atoms with Gasteiger partial charge in [-0.3, -0.25) is 19.1 Å². The average Bonchev–Trinajstić information content (AvgIpc) is 3.34. The average molecular weight is 358 g/mol. The number of aromatic nitrogens is 2. The maximum atomic E-state index is 12.8. The highest BCUT2D eigenvalue weighted by Gasteiger charge is 2.33. The molecule has 4 rings (SSSR count). The monoisotopic (exact) mass is 358 g/mol. The van der Waals surface area contributed by atoms with Crippen LogP contribution in [0.3, 0.4) is 0 Å². The van der Waals surface area contributed by atoms with E-state index >= 15 is 0 Å². The number of hydrogen-bond acceptors (Lipinski definition) is 5. The third kappa shape index (κ3) is 2.90. The minimum absolute atomic E-state index is 0.0610. The summed E-state index contributed by atoms with van der Waals surface area (Å²) in [6, 6.07) is 7.05. The van der Waals surface area contributed by atoms with Crippen molar-refractivity contribution in [1.82, 2.24) is 19.8 Å². The highest BCUT2D eigenvalue weighted by Crippen LogP contribution is 2.37. The van der Waals surface area contributed by atoms with Crippen molar-refractivity contribution in [1.29, 1.82) is 0 Å². The number of carbonyl (C=O) groups is 2. The van der Waals surface area contributed by atoms with Crippen LogP contribution in [0.4, 0.5) is 4.79 Å². The fraction of sp³-hybridized carbons (Fsp3) is 0.412.